The number of hydrogen-bond donors (Lipinski definition) is 1. The Kier molecular flexibility index (Phi) is 4.29. The Bertz CT molecular complexity index is 628. The quantitative estimate of drug-likeness (QED) is 0.825. The van der Waals surface area contributed by atoms with Crippen LogP contribution in [0, 0.1) is 19.7 Å². The first-order valence-corrected chi connectivity index (χ1v) is 7.05. The smallest absolute Gasteiger partial charge is 0.142 e. The lowest BCUT2D eigenvalue weighted by Crippen LogP contribution is -2.14. The molecule has 0 spiro atoms. The van der Waals surface area contributed by atoms with Crippen molar-refractivity contribution in [2.24, 2.45) is 5.73 Å². The van der Waals surface area contributed by atoms with Gasteiger partial charge in [-0.05, 0) is 58.6 Å². The van der Waals surface area contributed by atoms with Gasteiger partial charge in [0.25, 0.3) is 0 Å². The van der Waals surface area contributed by atoms with Crippen molar-refractivity contribution in [2.45, 2.75) is 19.9 Å². The maximum absolute atomic E-state index is 14.1. The molecule has 0 aromatic heterocycles. The van der Waals surface area contributed by atoms with Crippen LogP contribution in [0.2, 0.25) is 5.02 Å². The molecule has 0 aliphatic carbocycles. The first-order chi connectivity index (χ1) is 8.91. The third-order valence-electron chi connectivity index (χ3n) is 3.26. The summed E-state index contributed by atoms with van der Waals surface area (Å²) in [6.07, 6.45) is 0. The van der Waals surface area contributed by atoms with Crippen molar-refractivity contribution in [2.75, 3.05) is 0 Å². The van der Waals surface area contributed by atoms with Gasteiger partial charge in [0.1, 0.15) is 5.82 Å². The van der Waals surface area contributed by atoms with Gasteiger partial charge in [-0.15, -0.1) is 0 Å². The fourth-order valence-electron chi connectivity index (χ4n) is 1.97. The topological polar surface area (TPSA) is 26.0 Å². The Labute approximate surface area is 125 Å². The molecule has 100 valence electrons. The molecule has 2 aromatic rings. The zero-order valence-corrected chi connectivity index (χ0v) is 13.0. The molecule has 1 nitrogen and oxygen atoms in total. The molecule has 2 N–H and O–H groups in total. The minimum absolute atomic E-state index is 0.343. The van der Waals surface area contributed by atoms with Crippen LogP contribution in [0.25, 0.3) is 0 Å². The van der Waals surface area contributed by atoms with E-state index >= 15 is 0 Å². The van der Waals surface area contributed by atoms with Crippen LogP contribution in [0.3, 0.4) is 0 Å². The molecule has 4 heteroatoms. The minimum Gasteiger partial charge on any atom is -0.320 e. The fourth-order valence-corrected chi connectivity index (χ4v) is 2.69. The summed E-state index contributed by atoms with van der Waals surface area (Å²) in [5.74, 6) is -0.343. The lowest BCUT2D eigenvalue weighted by molar-refractivity contribution is 0.593. The zero-order chi connectivity index (χ0) is 14.2. The summed E-state index contributed by atoms with van der Waals surface area (Å²) in [5.41, 5.74) is 9.51. The van der Waals surface area contributed by atoms with Gasteiger partial charge in [-0.3, -0.25) is 0 Å². The van der Waals surface area contributed by atoms with E-state index in [-0.39, 0.29) is 5.82 Å². The van der Waals surface area contributed by atoms with E-state index in [0.717, 1.165) is 16.7 Å². The highest BCUT2D eigenvalue weighted by Crippen LogP contribution is 2.32. The molecular formula is C15H14BrClFN. The van der Waals surface area contributed by atoms with E-state index in [1.54, 1.807) is 18.2 Å². The second-order valence-electron chi connectivity index (χ2n) is 4.58. The van der Waals surface area contributed by atoms with Gasteiger partial charge in [0.2, 0.25) is 0 Å². The van der Waals surface area contributed by atoms with Crippen molar-refractivity contribution in [3.05, 3.63) is 67.9 Å². The van der Waals surface area contributed by atoms with Crippen LogP contribution in [-0.4, -0.2) is 0 Å². The molecule has 0 aliphatic rings. The molecule has 0 saturated heterocycles. The van der Waals surface area contributed by atoms with Crippen molar-refractivity contribution in [3.8, 4) is 0 Å². The second-order valence-corrected chi connectivity index (χ2v) is 5.84. The number of nitrogens with two attached hydrogens (primary N) is 1. The van der Waals surface area contributed by atoms with E-state index in [1.165, 1.54) is 0 Å². The summed E-state index contributed by atoms with van der Waals surface area (Å²) in [5, 5.41) is 0.565. The van der Waals surface area contributed by atoms with Crippen molar-refractivity contribution in [1.29, 1.82) is 0 Å². The van der Waals surface area contributed by atoms with E-state index in [0.29, 0.717) is 15.1 Å². The predicted molar refractivity (Wildman–Crippen MR) is 81.1 cm³/mol. The van der Waals surface area contributed by atoms with Crippen LogP contribution in [0.4, 0.5) is 4.39 Å². The average Bonchev–Trinajstić information content (AvgIpc) is 2.36. The Morgan fingerprint density at radius 3 is 2.47 bits per heavy atom. The molecule has 19 heavy (non-hydrogen) atoms. The summed E-state index contributed by atoms with van der Waals surface area (Å²) >= 11 is 9.39. The number of halogens is 3. The normalized spacial score (nSPS) is 12.5. The molecule has 0 amide bonds. The standard InChI is InChI=1S/C15H14BrClFN/c1-8-6-11(13(17)7-9(8)2)15(19)10-4-3-5-12(16)14(10)18/h3-7,15H,19H2,1-2H3. The average molecular weight is 343 g/mol. The molecule has 0 saturated carbocycles. The fraction of sp³-hybridized carbons (Fsp3) is 0.200. The van der Waals surface area contributed by atoms with E-state index < -0.39 is 6.04 Å². The highest BCUT2D eigenvalue weighted by molar-refractivity contribution is 9.10. The maximum atomic E-state index is 14.1. The highest BCUT2D eigenvalue weighted by Gasteiger charge is 2.18. The zero-order valence-electron chi connectivity index (χ0n) is 10.7. The van der Waals surface area contributed by atoms with Crippen molar-refractivity contribution >= 4 is 27.5 Å². The van der Waals surface area contributed by atoms with Gasteiger partial charge in [-0.1, -0.05) is 29.8 Å². The summed E-state index contributed by atoms with van der Waals surface area (Å²) in [6.45, 7) is 3.97. The summed E-state index contributed by atoms with van der Waals surface area (Å²) < 4.78 is 14.5. The molecule has 0 heterocycles. The molecule has 1 atom stereocenters. The first-order valence-electron chi connectivity index (χ1n) is 5.88. The monoisotopic (exact) mass is 341 g/mol. The summed E-state index contributed by atoms with van der Waals surface area (Å²) in [4.78, 5) is 0. The van der Waals surface area contributed by atoms with Gasteiger partial charge >= 0.3 is 0 Å². The van der Waals surface area contributed by atoms with Gasteiger partial charge in [0.15, 0.2) is 0 Å². The summed E-state index contributed by atoms with van der Waals surface area (Å²) in [7, 11) is 0. The second kappa shape index (κ2) is 5.61. The van der Waals surface area contributed by atoms with Crippen LogP contribution in [0.5, 0.6) is 0 Å². The molecular weight excluding hydrogens is 329 g/mol. The molecule has 0 aliphatic heterocycles. The molecule has 0 fully saturated rings. The molecule has 2 aromatic carbocycles. The maximum Gasteiger partial charge on any atom is 0.142 e. The largest absolute Gasteiger partial charge is 0.320 e. The first kappa shape index (κ1) is 14.5. The third-order valence-corrected chi connectivity index (χ3v) is 4.20. The molecule has 1 unspecified atom stereocenters. The lowest BCUT2D eigenvalue weighted by atomic mass is 9.96. The molecule has 0 radical (unpaired) electrons. The van der Waals surface area contributed by atoms with Gasteiger partial charge in [0, 0.05) is 10.6 Å². The van der Waals surface area contributed by atoms with Crippen LogP contribution in [-0.2, 0) is 0 Å². The van der Waals surface area contributed by atoms with Crippen LogP contribution in [0.15, 0.2) is 34.8 Å². The van der Waals surface area contributed by atoms with Crippen LogP contribution in [0.1, 0.15) is 28.3 Å². The van der Waals surface area contributed by atoms with Crippen molar-refractivity contribution in [3.63, 3.8) is 0 Å². The number of hydrogen-bond acceptors (Lipinski definition) is 1. The Hall–Kier alpha value is -0.900. The highest BCUT2D eigenvalue weighted by atomic mass is 79.9. The number of benzene rings is 2. The van der Waals surface area contributed by atoms with E-state index in [2.05, 4.69) is 15.9 Å². The van der Waals surface area contributed by atoms with Gasteiger partial charge < -0.3 is 5.73 Å². The molecule has 0 bridgehead atoms. The predicted octanol–water partition coefficient (Wildman–Crippen LogP) is 4.91. The van der Waals surface area contributed by atoms with E-state index in [9.17, 15) is 4.39 Å². The Morgan fingerprint density at radius 2 is 1.79 bits per heavy atom. The Balaban J connectivity index is 2.53. The minimum atomic E-state index is -0.579. The van der Waals surface area contributed by atoms with Crippen LogP contribution < -0.4 is 5.73 Å². The number of aryl methyl sites for hydroxylation is 2. The van der Waals surface area contributed by atoms with Gasteiger partial charge in [0.05, 0.1) is 10.5 Å². The van der Waals surface area contributed by atoms with Gasteiger partial charge in [-0.25, -0.2) is 4.39 Å². The molecule has 2 rings (SSSR count). The van der Waals surface area contributed by atoms with E-state index in [4.69, 9.17) is 17.3 Å². The Morgan fingerprint density at radius 1 is 1.16 bits per heavy atom. The van der Waals surface area contributed by atoms with Crippen molar-refractivity contribution in [1.82, 2.24) is 0 Å². The summed E-state index contributed by atoms with van der Waals surface area (Å²) in [6, 6.07) is 8.29. The van der Waals surface area contributed by atoms with Crippen LogP contribution >= 0.6 is 27.5 Å². The number of rotatable bonds is 2. The SMILES string of the molecule is Cc1cc(Cl)c(C(N)c2cccc(Br)c2F)cc1C. The lowest BCUT2D eigenvalue weighted by Gasteiger charge is -2.17. The van der Waals surface area contributed by atoms with Gasteiger partial charge in [-0.2, -0.15) is 0 Å². The van der Waals surface area contributed by atoms with Crippen molar-refractivity contribution < 1.29 is 4.39 Å². The third kappa shape index (κ3) is 2.83. The van der Waals surface area contributed by atoms with E-state index in [1.807, 2.05) is 26.0 Å².